The Morgan fingerprint density at radius 1 is 1.31 bits per heavy atom. The maximum absolute atomic E-state index is 12.3. The summed E-state index contributed by atoms with van der Waals surface area (Å²) in [5, 5.41) is 8.44. The molecule has 0 aliphatic rings. The molecule has 2 heterocycles. The molecule has 8 nitrogen and oxygen atoms in total. The topological polar surface area (TPSA) is 134 Å². The number of nitrogens with zero attached hydrogens (tertiary/aromatic N) is 2. The number of aromatic amines is 1. The van der Waals surface area contributed by atoms with Crippen molar-refractivity contribution in [3.05, 3.63) is 52.9 Å². The molecule has 0 aliphatic heterocycles. The van der Waals surface area contributed by atoms with Crippen LogP contribution in [0.4, 0.5) is 0 Å². The first-order valence-electron chi connectivity index (χ1n) is 7.65. The van der Waals surface area contributed by atoms with Crippen molar-refractivity contribution in [3.63, 3.8) is 0 Å². The number of H-pyrrole nitrogens is 1. The summed E-state index contributed by atoms with van der Waals surface area (Å²) in [6.07, 6.45) is 3.24. The van der Waals surface area contributed by atoms with E-state index in [1.807, 2.05) is 0 Å². The first-order valence-corrected chi connectivity index (χ1v) is 8.03. The number of nitrogens with one attached hydrogen (secondary N) is 2. The molecule has 0 aliphatic carbocycles. The summed E-state index contributed by atoms with van der Waals surface area (Å²) in [6, 6.07) is 6.77. The molecular weight excluding hydrogens is 356 g/mol. The van der Waals surface area contributed by atoms with Gasteiger partial charge in [-0.3, -0.25) is 20.1 Å². The third kappa shape index (κ3) is 3.46. The predicted octanol–water partition coefficient (Wildman–Crippen LogP) is 2.43. The van der Waals surface area contributed by atoms with Gasteiger partial charge in [-0.1, -0.05) is 11.6 Å². The van der Waals surface area contributed by atoms with Crippen LogP contribution in [0.15, 0.2) is 36.7 Å². The van der Waals surface area contributed by atoms with Gasteiger partial charge in [-0.15, -0.1) is 0 Å². The number of carbonyl (C=O) groups excluding carboxylic acids is 1. The van der Waals surface area contributed by atoms with Crippen LogP contribution in [0.3, 0.4) is 0 Å². The Morgan fingerprint density at radius 2 is 2.08 bits per heavy atom. The number of fused-ring (bicyclic) bond motifs is 1. The summed E-state index contributed by atoms with van der Waals surface area (Å²) < 4.78 is 5.79. The molecule has 3 rings (SSSR count). The third-order valence-corrected chi connectivity index (χ3v) is 4.11. The average molecular weight is 373 g/mol. The van der Waals surface area contributed by atoms with Crippen molar-refractivity contribution in [1.29, 1.82) is 5.41 Å². The summed E-state index contributed by atoms with van der Waals surface area (Å²) in [4.78, 5) is 20.4. The zero-order valence-electron chi connectivity index (χ0n) is 13.9. The molecule has 0 bridgehead atoms. The molecule has 0 unspecified atom stereocenters. The van der Waals surface area contributed by atoms with Crippen LogP contribution < -0.4 is 16.2 Å². The number of halogens is 1. The molecule has 6 N–H and O–H groups in total. The second-order valence-corrected chi connectivity index (χ2v) is 6.04. The van der Waals surface area contributed by atoms with Gasteiger partial charge in [-0.25, -0.2) is 0 Å². The number of benzene rings is 1. The van der Waals surface area contributed by atoms with Crippen LogP contribution >= 0.6 is 11.6 Å². The molecule has 0 atom stereocenters. The van der Waals surface area contributed by atoms with Gasteiger partial charge in [-0.2, -0.15) is 0 Å². The van der Waals surface area contributed by atoms with Gasteiger partial charge < -0.3 is 21.2 Å². The van der Waals surface area contributed by atoms with E-state index in [1.54, 1.807) is 36.7 Å². The Hall–Kier alpha value is -3.10. The maximum atomic E-state index is 12.3. The van der Waals surface area contributed by atoms with Gasteiger partial charge in [0.25, 0.3) is 5.91 Å². The van der Waals surface area contributed by atoms with Crippen LogP contribution in [-0.2, 0) is 6.54 Å². The second-order valence-electron chi connectivity index (χ2n) is 5.63. The third-order valence-electron chi connectivity index (χ3n) is 3.80. The molecule has 9 heteroatoms. The lowest BCUT2D eigenvalue weighted by molar-refractivity contribution is 0.0864. The number of nitrogens with two attached hydrogens (primary N) is 2. The van der Waals surface area contributed by atoms with Gasteiger partial charge >= 0.3 is 0 Å². The molecule has 1 aromatic carbocycles. The minimum atomic E-state index is -0.438. The van der Waals surface area contributed by atoms with Crippen molar-refractivity contribution in [2.24, 2.45) is 11.5 Å². The monoisotopic (exact) mass is 372 g/mol. The number of pyridine rings is 1. The van der Waals surface area contributed by atoms with E-state index in [0.717, 1.165) is 10.5 Å². The number of rotatable bonds is 4. The fourth-order valence-electron chi connectivity index (χ4n) is 2.40. The molecule has 0 fully saturated rings. The van der Waals surface area contributed by atoms with Crippen molar-refractivity contribution in [2.75, 3.05) is 7.05 Å². The first-order chi connectivity index (χ1) is 12.4. The molecular formula is C17H17ClN6O2. The largest absolute Gasteiger partial charge is 0.456 e. The lowest BCUT2D eigenvalue weighted by Crippen LogP contribution is -2.38. The highest BCUT2D eigenvalue weighted by Crippen LogP contribution is 2.32. The van der Waals surface area contributed by atoms with Crippen LogP contribution in [0.1, 0.15) is 16.1 Å². The van der Waals surface area contributed by atoms with E-state index in [1.165, 1.54) is 7.05 Å². The van der Waals surface area contributed by atoms with Crippen molar-refractivity contribution in [3.8, 4) is 11.5 Å². The van der Waals surface area contributed by atoms with E-state index < -0.39 is 5.91 Å². The minimum absolute atomic E-state index is 0.267. The fourth-order valence-corrected chi connectivity index (χ4v) is 2.66. The number of ether oxygens (including phenoxy) is 1. The number of carbonyl (C=O) groups is 1. The fraction of sp³-hybridized carbons (Fsp3) is 0.118. The van der Waals surface area contributed by atoms with E-state index in [4.69, 9.17) is 33.2 Å². The summed E-state index contributed by atoms with van der Waals surface area (Å²) in [5.74, 6) is 0.227. The number of amides is 1. The lowest BCUT2D eigenvalue weighted by Gasteiger charge is -2.12. The van der Waals surface area contributed by atoms with Gasteiger partial charge in [0.1, 0.15) is 17.2 Å². The number of aromatic nitrogens is 2. The highest BCUT2D eigenvalue weighted by atomic mass is 35.5. The Labute approximate surface area is 154 Å². The molecule has 0 saturated heterocycles. The van der Waals surface area contributed by atoms with E-state index >= 15 is 0 Å². The van der Waals surface area contributed by atoms with Gasteiger partial charge in [0.2, 0.25) is 0 Å². The van der Waals surface area contributed by atoms with Crippen LogP contribution in [0, 0.1) is 5.41 Å². The van der Waals surface area contributed by atoms with Gasteiger partial charge in [0.15, 0.2) is 5.96 Å². The van der Waals surface area contributed by atoms with Crippen LogP contribution in [0.25, 0.3) is 10.9 Å². The van der Waals surface area contributed by atoms with Crippen molar-refractivity contribution >= 4 is 34.4 Å². The lowest BCUT2D eigenvalue weighted by atomic mass is 10.2. The molecule has 2 aromatic heterocycles. The van der Waals surface area contributed by atoms with Gasteiger partial charge in [-0.05, 0) is 17.7 Å². The van der Waals surface area contributed by atoms with Crippen LogP contribution in [-0.4, -0.2) is 33.8 Å². The molecule has 3 aromatic rings. The molecule has 0 saturated carbocycles. The number of hydrogen-bond acceptors (Lipinski definition) is 5. The SMILES string of the molecule is CN(C(=N)N)C(=O)c1cc2c(Cl)cc(Oc3cncc(CN)c3)cc2[nH]1. The minimum Gasteiger partial charge on any atom is -0.456 e. The Balaban J connectivity index is 1.94. The quantitative estimate of drug-likeness (QED) is 0.412. The smallest absolute Gasteiger partial charge is 0.276 e. The zero-order chi connectivity index (χ0) is 18.8. The van der Waals surface area contributed by atoms with E-state index in [0.29, 0.717) is 34.0 Å². The van der Waals surface area contributed by atoms with Crippen molar-refractivity contribution in [2.45, 2.75) is 6.54 Å². The predicted molar refractivity (Wildman–Crippen MR) is 99.5 cm³/mol. The molecule has 0 spiro atoms. The summed E-state index contributed by atoms with van der Waals surface area (Å²) in [5.41, 5.74) is 12.7. The second kappa shape index (κ2) is 7.03. The average Bonchev–Trinajstić information content (AvgIpc) is 3.05. The highest BCUT2D eigenvalue weighted by Gasteiger charge is 2.18. The summed E-state index contributed by atoms with van der Waals surface area (Å²) >= 11 is 6.32. The Bertz CT molecular complexity index is 1000. The van der Waals surface area contributed by atoms with Crippen LogP contribution in [0.5, 0.6) is 11.5 Å². The van der Waals surface area contributed by atoms with Crippen LogP contribution in [0.2, 0.25) is 5.02 Å². The number of hydrogen-bond donors (Lipinski definition) is 4. The zero-order valence-corrected chi connectivity index (χ0v) is 14.7. The molecule has 1 amide bonds. The van der Waals surface area contributed by atoms with Crippen molar-refractivity contribution < 1.29 is 9.53 Å². The summed E-state index contributed by atoms with van der Waals surface area (Å²) in [7, 11) is 1.42. The highest BCUT2D eigenvalue weighted by molar-refractivity contribution is 6.35. The Kier molecular flexibility index (Phi) is 4.79. The van der Waals surface area contributed by atoms with Gasteiger partial charge in [0, 0.05) is 37.3 Å². The first kappa shape index (κ1) is 17.7. The van der Waals surface area contributed by atoms with Gasteiger partial charge in [0.05, 0.1) is 16.7 Å². The van der Waals surface area contributed by atoms with E-state index in [9.17, 15) is 4.79 Å². The molecule has 134 valence electrons. The standard InChI is InChI=1S/C17H17ClN6O2/c1-24(17(20)21)16(25)15-5-12-13(18)3-10(4-14(12)23-15)26-11-2-9(6-19)7-22-8-11/h2-5,7-8,23H,6,19H2,1H3,(H3,20,21). The molecule has 0 radical (unpaired) electrons. The van der Waals surface area contributed by atoms with E-state index in [2.05, 4.69) is 9.97 Å². The van der Waals surface area contributed by atoms with E-state index in [-0.39, 0.29) is 11.7 Å². The maximum Gasteiger partial charge on any atom is 0.276 e. The normalized spacial score (nSPS) is 10.7. The Morgan fingerprint density at radius 3 is 2.77 bits per heavy atom. The van der Waals surface area contributed by atoms with Crippen molar-refractivity contribution in [1.82, 2.24) is 14.9 Å². The number of guanidine groups is 1. The molecule has 26 heavy (non-hydrogen) atoms. The summed E-state index contributed by atoms with van der Waals surface area (Å²) in [6.45, 7) is 0.357.